The number of aromatic nitrogens is 1. The van der Waals surface area contributed by atoms with Crippen LogP contribution in [0.1, 0.15) is 12.0 Å². The van der Waals surface area contributed by atoms with Gasteiger partial charge < -0.3 is 11.5 Å². The molecule has 4 nitrogen and oxygen atoms in total. The molecular formula is C9H11N3O. The average Bonchev–Trinajstić information content (AvgIpc) is 2.08. The predicted molar refractivity (Wildman–Crippen MR) is 51.5 cm³/mol. The van der Waals surface area contributed by atoms with Crippen molar-refractivity contribution in [3.05, 3.63) is 30.0 Å². The highest BCUT2D eigenvalue weighted by Crippen LogP contribution is 2.03. The Labute approximate surface area is 76.3 Å². The summed E-state index contributed by atoms with van der Waals surface area (Å²) in [5.74, 6) is 0.131. The number of rotatable bonds is 3. The van der Waals surface area contributed by atoms with Crippen LogP contribution in [0.25, 0.3) is 6.08 Å². The van der Waals surface area contributed by atoms with Crippen molar-refractivity contribution in [2.75, 3.05) is 5.73 Å². The lowest BCUT2D eigenvalue weighted by Crippen LogP contribution is -2.07. The Hall–Kier alpha value is -1.84. The molecule has 0 bridgehead atoms. The van der Waals surface area contributed by atoms with Crippen molar-refractivity contribution in [2.24, 2.45) is 5.73 Å². The molecule has 1 heterocycles. The number of carbonyl (C=O) groups is 1. The maximum Gasteiger partial charge on any atom is 0.221 e. The second kappa shape index (κ2) is 4.25. The Morgan fingerprint density at radius 1 is 1.54 bits per heavy atom. The Kier molecular flexibility index (Phi) is 3.03. The molecule has 0 aliphatic rings. The highest BCUT2D eigenvalue weighted by Gasteiger charge is 1.89. The summed E-state index contributed by atoms with van der Waals surface area (Å²) in [6.45, 7) is 0. The van der Waals surface area contributed by atoms with Crippen molar-refractivity contribution >= 4 is 17.8 Å². The second-order valence-corrected chi connectivity index (χ2v) is 2.59. The summed E-state index contributed by atoms with van der Waals surface area (Å²) in [5.41, 5.74) is 11.2. The third-order valence-electron chi connectivity index (χ3n) is 1.44. The number of anilines is 1. The number of hydrogen-bond donors (Lipinski definition) is 2. The van der Waals surface area contributed by atoms with E-state index in [0.29, 0.717) is 5.82 Å². The quantitative estimate of drug-likeness (QED) is 0.707. The summed E-state index contributed by atoms with van der Waals surface area (Å²) in [6.07, 6.45) is 5.34. The van der Waals surface area contributed by atoms with Gasteiger partial charge in [0.2, 0.25) is 5.91 Å². The third kappa shape index (κ3) is 3.37. The van der Waals surface area contributed by atoms with Crippen LogP contribution in [-0.2, 0) is 4.79 Å². The van der Waals surface area contributed by atoms with Crippen LogP contribution in [-0.4, -0.2) is 10.9 Å². The molecule has 1 aromatic rings. The van der Waals surface area contributed by atoms with Gasteiger partial charge in [-0.05, 0) is 17.7 Å². The van der Waals surface area contributed by atoms with Crippen LogP contribution >= 0.6 is 0 Å². The van der Waals surface area contributed by atoms with Gasteiger partial charge in [0.05, 0.1) is 0 Å². The molecule has 0 spiro atoms. The minimum atomic E-state index is -0.348. The minimum Gasteiger partial charge on any atom is -0.384 e. The zero-order valence-corrected chi connectivity index (χ0v) is 7.10. The number of nitrogens with two attached hydrogens (primary N) is 2. The Morgan fingerprint density at radius 3 is 2.85 bits per heavy atom. The summed E-state index contributed by atoms with van der Waals surface area (Å²) >= 11 is 0. The van der Waals surface area contributed by atoms with Gasteiger partial charge in [0.1, 0.15) is 5.82 Å². The van der Waals surface area contributed by atoms with Crippen molar-refractivity contribution in [3.8, 4) is 0 Å². The van der Waals surface area contributed by atoms with Crippen LogP contribution in [0.2, 0.25) is 0 Å². The fourth-order valence-corrected chi connectivity index (χ4v) is 0.826. The average molecular weight is 177 g/mol. The van der Waals surface area contributed by atoms with E-state index < -0.39 is 0 Å². The number of hydrogen-bond acceptors (Lipinski definition) is 3. The van der Waals surface area contributed by atoms with E-state index in [2.05, 4.69) is 4.98 Å². The van der Waals surface area contributed by atoms with E-state index >= 15 is 0 Å². The van der Waals surface area contributed by atoms with Gasteiger partial charge in [-0.25, -0.2) is 4.98 Å². The third-order valence-corrected chi connectivity index (χ3v) is 1.44. The molecule has 0 aliphatic heterocycles. The maximum atomic E-state index is 10.4. The number of primary amides is 1. The first-order chi connectivity index (χ1) is 6.18. The summed E-state index contributed by atoms with van der Waals surface area (Å²) in [6, 6.07) is 3.52. The van der Waals surface area contributed by atoms with Gasteiger partial charge >= 0.3 is 0 Å². The summed E-state index contributed by atoms with van der Waals surface area (Å²) in [7, 11) is 0. The zero-order valence-electron chi connectivity index (χ0n) is 7.10. The molecule has 4 N–H and O–H groups in total. The van der Waals surface area contributed by atoms with Crippen molar-refractivity contribution in [1.29, 1.82) is 0 Å². The Bertz CT molecular complexity index is 316. The van der Waals surface area contributed by atoms with E-state index in [0.717, 1.165) is 5.56 Å². The number of nitrogen functional groups attached to an aromatic ring is 1. The zero-order chi connectivity index (χ0) is 9.68. The number of pyridine rings is 1. The minimum absolute atomic E-state index is 0.240. The molecule has 68 valence electrons. The first kappa shape index (κ1) is 9.25. The molecule has 0 atom stereocenters. The normalized spacial score (nSPS) is 10.5. The molecule has 0 aliphatic carbocycles. The molecule has 0 saturated heterocycles. The van der Waals surface area contributed by atoms with E-state index in [9.17, 15) is 4.79 Å². The van der Waals surface area contributed by atoms with E-state index in [1.54, 1.807) is 24.4 Å². The Balaban J connectivity index is 2.59. The van der Waals surface area contributed by atoms with Crippen molar-refractivity contribution in [1.82, 2.24) is 4.98 Å². The van der Waals surface area contributed by atoms with Gasteiger partial charge in [-0.3, -0.25) is 4.79 Å². The summed E-state index contributed by atoms with van der Waals surface area (Å²) in [4.78, 5) is 14.3. The van der Waals surface area contributed by atoms with E-state index in [1.807, 2.05) is 6.07 Å². The molecule has 1 aromatic heterocycles. The first-order valence-electron chi connectivity index (χ1n) is 3.85. The molecule has 0 fully saturated rings. The first-order valence-corrected chi connectivity index (χ1v) is 3.85. The fourth-order valence-electron chi connectivity index (χ4n) is 0.826. The van der Waals surface area contributed by atoms with Crippen LogP contribution in [0.5, 0.6) is 0 Å². The molecular weight excluding hydrogens is 166 g/mol. The molecule has 0 saturated carbocycles. The van der Waals surface area contributed by atoms with Crippen LogP contribution < -0.4 is 11.5 Å². The topological polar surface area (TPSA) is 82.0 Å². The molecule has 0 unspecified atom stereocenters. The highest BCUT2D eigenvalue weighted by atomic mass is 16.1. The van der Waals surface area contributed by atoms with Gasteiger partial charge in [0.25, 0.3) is 0 Å². The molecule has 4 heteroatoms. The smallest absolute Gasteiger partial charge is 0.221 e. The van der Waals surface area contributed by atoms with Crippen molar-refractivity contribution in [3.63, 3.8) is 0 Å². The van der Waals surface area contributed by atoms with Gasteiger partial charge in [0.15, 0.2) is 0 Å². The largest absolute Gasteiger partial charge is 0.384 e. The molecule has 1 amide bonds. The lowest BCUT2D eigenvalue weighted by molar-refractivity contribution is -0.117. The standard InChI is InChI=1S/C9H11N3O/c10-8-5-4-7(6-12-8)2-1-3-9(11)13/h1-2,4-6H,3H2,(H2,10,12)(H2,11,13). The number of carbonyl (C=O) groups excluding carboxylic acids is 1. The molecule has 1 rings (SSSR count). The van der Waals surface area contributed by atoms with Gasteiger partial charge in [-0.2, -0.15) is 0 Å². The lowest BCUT2D eigenvalue weighted by Gasteiger charge is -1.93. The summed E-state index contributed by atoms with van der Waals surface area (Å²) in [5, 5.41) is 0. The number of amides is 1. The lowest BCUT2D eigenvalue weighted by atomic mass is 10.2. The maximum absolute atomic E-state index is 10.4. The molecule has 0 aromatic carbocycles. The predicted octanol–water partition coefficient (Wildman–Crippen LogP) is 0.552. The fraction of sp³-hybridized carbons (Fsp3) is 0.111. The second-order valence-electron chi connectivity index (χ2n) is 2.59. The van der Waals surface area contributed by atoms with Gasteiger partial charge in [0, 0.05) is 12.6 Å². The monoisotopic (exact) mass is 177 g/mol. The molecule has 0 radical (unpaired) electrons. The van der Waals surface area contributed by atoms with E-state index in [1.165, 1.54) is 0 Å². The van der Waals surface area contributed by atoms with E-state index in [-0.39, 0.29) is 12.3 Å². The van der Waals surface area contributed by atoms with Crippen LogP contribution in [0, 0.1) is 0 Å². The SMILES string of the molecule is NC(=O)CC=Cc1ccc(N)nc1. The van der Waals surface area contributed by atoms with Gasteiger partial charge in [-0.1, -0.05) is 12.2 Å². The van der Waals surface area contributed by atoms with E-state index in [4.69, 9.17) is 11.5 Å². The highest BCUT2D eigenvalue weighted by molar-refractivity contribution is 5.76. The van der Waals surface area contributed by atoms with Crippen LogP contribution in [0.3, 0.4) is 0 Å². The van der Waals surface area contributed by atoms with Gasteiger partial charge in [-0.15, -0.1) is 0 Å². The van der Waals surface area contributed by atoms with Crippen molar-refractivity contribution in [2.45, 2.75) is 6.42 Å². The van der Waals surface area contributed by atoms with Crippen molar-refractivity contribution < 1.29 is 4.79 Å². The van der Waals surface area contributed by atoms with Crippen LogP contribution in [0.15, 0.2) is 24.4 Å². The Morgan fingerprint density at radius 2 is 2.31 bits per heavy atom. The van der Waals surface area contributed by atoms with Crippen LogP contribution in [0.4, 0.5) is 5.82 Å². The number of nitrogens with zero attached hydrogens (tertiary/aromatic N) is 1. The summed E-state index contributed by atoms with van der Waals surface area (Å²) < 4.78 is 0. The molecule has 13 heavy (non-hydrogen) atoms.